The van der Waals surface area contributed by atoms with Crippen LogP contribution in [0.5, 0.6) is 0 Å². The number of amides is 2. The molecular weight excluding hydrogens is 296 g/mol. The van der Waals surface area contributed by atoms with Crippen molar-refractivity contribution in [1.29, 1.82) is 0 Å². The van der Waals surface area contributed by atoms with Crippen molar-refractivity contribution in [2.75, 3.05) is 45.8 Å². The molecule has 1 aromatic rings. The Morgan fingerprint density at radius 2 is 1.74 bits per heavy atom. The molecule has 23 heavy (non-hydrogen) atoms. The van der Waals surface area contributed by atoms with E-state index < -0.39 is 11.8 Å². The Hall–Kier alpha value is -1.92. The fourth-order valence-electron chi connectivity index (χ4n) is 2.23. The van der Waals surface area contributed by atoms with Gasteiger partial charge in [-0.25, -0.2) is 0 Å². The average Bonchev–Trinajstić information content (AvgIpc) is 2.56. The summed E-state index contributed by atoms with van der Waals surface area (Å²) in [7, 11) is 3.11. The lowest BCUT2D eigenvalue weighted by molar-refractivity contribution is -0.144. The number of carbonyl (C=O) groups excluding carboxylic acids is 2. The number of hydrogen-bond donors (Lipinski definition) is 1. The van der Waals surface area contributed by atoms with Crippen LogP contribution < -0.4 is 5.32 Å². The van der Waals surface area contributed by atoms with Crippen molar-refractivity contribution in [3.63, 3.8) is 0 Å². The second-order valence-electron chi connectivity index (χ2n) is 5.19. The van der Waals surface area contributed by atoms with Gasteiger partial charge in [-0.1, -0.05) is 25.1 Å². The van der Waals surface area contributed by atoms with E-state index in [9.17, 15) is 9.59 Å². The van der Waals surface area contributed by atoms with Crippen LogP contribution in [-0.4, -0.2) is 57.2 Å². The van der Waals surface area contributed by atoms with Gasteiger partial charge in [-0.3, -0.25) is 9.59 Å². The Bertz CT molecular complexity index is 523. The van der Waals surface area contributed by atoms with E-state index in [2.05, 4.69) is 5.32 Å². The lowest BCUT2D eigenvalue weighted by atomic mass is 10.1. The summed E-state index contributed by atoms with van der Waals surface area (Å²) in [5.74, 6) is -1.22. The maximum atomic E-state index is 12.4. The summed E-state index contributed by atoms with van der Waals surface area (Å²) < 4.78 is 9.98. The highest BCUT2D eigenvalue weighted by Crippen LogP contribution is 2.21. The molecule has 1 N–H and O–H groups in total. The highest BCUT2D eigenvalue weighted by molar-refractivity contribution is 6.39. The van der Waals surface area contributed by atoms with Gasteiger partial charge < -0.3 is 19.7 Å². The summed E-state index contributed by atoms with van der Waals surface area (Å²) in [4.78, 5) is 26.1. The summed E-state index contributed by atoms with van der Waals surface area (Å²) in [5.41, 5.74) is 2.66. The largest absolute Gasteiger partial charge is 0.383 e. The predicted molar refractivity (Wildman–Crippen MR) is 89.5 cm³/mol. The number of benzene rings is 1. The van der Waals surface area contributed by atoms with Gasteiger partial charge in [0.1, 0.15) is 0 Å². The van der Waals surface area contributed by atoms with E-state index in [1.165, 1.54) is 4.90 Å². The van der Waals surface area contributed by atoms with Crippen molar-refractivity contribution in [2.24, 2.45) is 0 Å². The molecule has 0 atom stereocenters. The number of carbonyl (C=O) groups is 2. The van der Waals surface area contributed by atoms with Crippen molar-refractivity contribution < 1.29 is 19.1 Å². The molecule has 0 aliphatic rings. The molecular formula is C17H26N2O4. The smallest absolute Gasteiger partial charge is 0.313 e. The van der Waals surface area contributed by atoms with Crippen molar-refractivity contribution >= 4 is 17.5 Å². The summed E-state index contributed by atoms with van der Waals surface area (Å²) in [6.07, 6.45) is 0.780. The Balaban J connectivity index is 2.83. The van der Waals surface area contributed by atoms with Gasteiger partial charge in [0, 0.05) is 33.0 Å². The van der Waals surface area contributed by atoms with E-state index in [1.807, 2.05) is 32.0 Å². The van der Waals surface area contributed by atoms with Gasteiger partial charge in [0.25, 0.3) is 0 Å². The molecule has 0 bridgehead atoms. The van der Waals surface area contributed by atoms with Gasteiger partial charge in [0.2, 0.25) is 0 Å². The van der Waals surface area contributed by atoms with Gasteiger partial charge in [-0.2, -0.15) is 0 Å². The molecule has 0 saturated carbocycles. The molecule has 1 rings (SSSR count). The summed E-state index contributed by atoms with van der Waals surface area (Å²) >= 11 is 0. The topological polar surface area (TPSA) is 67.9 Å². The zero-order valence-electron chi connectivity index (χ0n) is 14.3. The molecule has 6 nitrogen and oxygen atoms in total. The van der Waals surface area contributed by atoms with Crippen LogP contribution in [0.25, 0.3) is 0 Å². The number of aryl methyl sites for hydroxylation is 2. The third-order valence-electron chi connectivity index (χ3n) is 3.59. The van der Waals surface area contributed by atoms with Crippen molar-refractivity contribution in [3.8, 4) is 0 Å². The third kappa shape index (κ3) is 5.65. The summed E-state index contributed by atoms with van der Waals surface area (Å²) in [6.45, 7) is 5.35. The van der Waals surface area contributed by atoms with E-state index in [0.717, 1.165) is 17.5 Å². The molecule has 0 saturated heterocycles. The number of nitrogens with one attached hydrogen (secondary N) is 1. The first-order valence-corrected chi connectivity index (χ1v) is 7.71. The Morgan fingerprint density at radius 1 is 1.13 bits per heavy atom. The fourth-order valence-corrected chi connectivity index (χ4v) is 2.23. The highest BCUT2D eigenvalue weighted by atomic mass is 16.5. The number of methoxy groups -OCH3 is 2. The molecule has 0 spiro atoms. The molecule has 1 aromatic carbocycles. The van der Waals surface area contributed by atoms with E-state index in [0.29, 0.717) is 32.0 Å². The minimum atomic E-state index is -0.638. The first-order chi connectivity index (χ1) is 11.0. The van der Waals surface area contributed by atoms with Gasteiger partial charge in [-0.15, -0.1) is 0 Å². The number of para-hydroxylation sites is 1. The summed E-state index contributed by atoms with van der Waals surface area (Å²) in [5, 5.41) is 2.75. The van der Waals surface area contributed by atoms with Crippen molar-refractivity contribution in [1.82, 2.24) is 4.90 Å². The molecule has 0 aromatic heterocycles. The maximum absolute atomic E-state index is 12.4. The van der Waals surface area contributed by atoms with E-state index >= 15 is 0 Å². The predicted octanol–water partition coefficient (Wildman–Crippen LogP) is 1.62. The van der Waals surface area contributed by atoms with Crippen LogP contribution in [0, 0.1) is 6.92 Å². The molecule has 0 aliphatic heterocycles. The quantitative estimate of drug-likeness (QED) is 0.739. The number of anilines is 1. The molecule has 0 heterocycles. The number of ether oxygens (including phenoxy) is 2. The van der Waals surface area contributed by atoms with Crippen LogP contribution in [0.1, 0.15) is 18.1 Å². The monoisotopic (exact) mass is 322 g/mol. The zero-order valence-corrected chi connectivity index (χ0v) is 14.3. The second kappa shape index (κ2) is 9.97. The van der Waals surface area contributed by atoms with Gasteiger partial charge >= 0.3 is 11.8 Å². The molecule has 0 radical (unpaired) electrons. The highest BCUT2D eigenvalue weighted by Gasteiger charge is 2.22. The van der Waals surface area contributed by atoms with Crippen LogP contribution in [0.15, 0.2) is 18.2 Å². The molecule has 0 aliphatic carbocycles. The first kappa shape index (κ1) is 19.1. The lowest BCUT2D eigenvalue weighted by Crippen LogP contribution is -2.43. The molecule has 6 heteroatoms. The SMILES string of the molecule is CCc1cccc(C)c1NC(=O)C(=O)N(CCOC)CCOC. The van der Waals surface area contributed by atoms with Crippen molar-refractivity contribution in [2.45, 2.75) is 20.3 Å². The molecule has 2 amide bonds. The van der Waals surface area contributed by atoms with Gasteiger partial charge in [0.15, 0.2) is 0 Å². The maximum Gasteiger partial charge on any atom is 0.313 e. The van der Waals surface area contributed by atoms with Crippen LogP contribution >= 0.6 is 0 Å². The third-order valence-corrected chi connectivity index (χ3v) is 3.59. The number of hydrogen-bond acceptors (Lipinski definition) is 4. The van der Waals surface area contributed by atoms with Crippen LogP contribution in [0.3, 0.4) is 0 Å². The van der Waals surface area contributed by atoms with Crippen LogP contribution in [0.2, 0.25) is 0 Å². The number of nitrogens with zero attached hydrogens (tertiary/aromatic N) is 1. The lowest BCUT2D eigenvalue weighted by Gasteiger charge is -2.22. The second-order valence-corrected chi connectivity index (χ2v) is 5.19. The molecule has 0 fully saturated rings. The van der Waals surface area contributed by atoms with E-state index in [1.54, 1.807) is 14.2 Å². The fraction of sp³-hybridized carbons (Fsp3) is 0.529. The van der Waals surface area contributed by atoms with Gasteiger partial charge in [-0.05, 0) is 24.5 Å². The normalized spacial score (nSPS) is 10.4. The van der Waals surface area contributed by atoms with Crippen LogP contribution in [-0.2, 0) is 25.5 Å². The zero-order chi connectivity index (χ0) is 17.2. The molecule has 128 valence electrons. The Kier molecular flexibility index (Phi) is 8.29. The average molecular weight is 322 g/mol. The van der Waals surface area contributed by atoms with Gasteiger partial charge in [0.05, 0.1) is 13.2 Å². The Morgan fingerprint density at radius 3 is 2.26 bits per heavy atom. The standard InChI is InChI=1S/C17H26N2O4/c1-5-14-8-6-7-13(2)15(14)18-16(20)17(21)19(9-11-22-3)10-12-23-4/h6-8H,5,9-12H2,1-4H3,(H,18,20). The van der Waals surface area contributed by atoms with E-state index in [4.69, 9.17) is 9.47 Å². The first-order valence-electron chi connectivity index (χ1n) is 7.71. The molecule has 0 unspecified atom stereocenters. The van der Waals surface area contributed by atoms with Crippen molar-refractivity contribution in [3.05, 3.63) is 29.3 Å². The minimum Gasteiger partial charge on any atom is -0.383 e. The van der Waals surface area contributed by atoms with E-state index in [-0.39, 0.29) is 0 Å². The summed E-state index contributed by atoms with van der Waals surface area (Å²) in [6, 6.07) is 5.79. The van der Waals surface area contributed by atoms with Crippen LogP contribution in [0.4, 0.5) is 5.69 Å². The minimum absolute atomic E-state index is 0.348. The Labute approximate surface area is 137 Å². The number of rotatable bonds is 8.